The Morgan fingerprint density at radius 1 is 1.00 bits per heavy atom. The second kappa shape index (κ2) is 9.47. The summed E-state index contributed by atoms with van der Waals surface area (Å²) in [6.45, 7) is 0. The van der Waals surface area contributed by atoms with Crippen LogP contribution in [0.1, 0.15) is 17.2 Å². The average Bonchev–Trinajstić information content (AvgIpc) is 3.48. The van der Waals surface area contributed by atoms with E-state index < -0.39 is 33.3 Å². The Balaban J connectivity index is 1.67. The van der Waals surface area contributed by atoms with Gasteiger partial charge in [-0.05, 0) is 54.1 Å². The van der Waals surface area contributed by atoms with Crippen molar-refractivity contribution in [3.05, 3.63) is 107 Å². The first kappa shape index (κ1) is 24.7. The monoisotopic (exact) mass is 551 g/mol. The molecule has 1 atom stereocenters. The zero-order valence-corrected chi connectivity index (χ0v) is 21.3. The first-order valence-electron chi connectivity index (χ1n) is 10.9. The molecule has 1 aliphatic rings. The van der Waals surface area contributed by atoms with E-state index in [0.717, 1.165) is 22.4 Å². The van der Waals surface area contributed by atoms with E-state index in [9.17, 15) is 23.1 Å². The van der Waals surface area contributed by atoms with Crippen LogP contribution < -0.4 is 10.6 Å². The third-order valence-corrected chi connectivity index (χ3v) is 9.25. The highest BCUT2D eigenvalue weighted by molar-refractivity contribution is 7.93. The number of benzene rings is 3. The summed E-state index contributed by atoms with van der Waals surface area (Å²) in [4.78, 5) is 31.9. The lowest BCUT2D eigenvalue weighted by atomic mass is 9.95. The summed E-state index contributed by atoms with van der Waals surface area (Å²) >= 11 is 6.96. The SMILES string of the molecule is Nc1ccc(/C(O)=C2/C(=O)C(=O)N(c3ncc(S(=O)(=O)c4ccccc4)s3)C2c2cccc(Cl)c2)cc1. The highest BCUT2D eigenvalue weighted by Crippen LogP contribution is 2.44. The second-order valence-corrected chi connectivity index (χ2v) is 11.7. The van der Waals surface area contributed by atoms with Crippen molar-refractivity contribution in [1.82, 2.24) is 4.98 Å². The number of anilines is 2. The number of halogens is 1. The van der Waals surface area contributed by atoms with Gasteiger partial charge in [0.15, 0.2) is 5.13 Å². The van der Waals surface area contributed by atoms with Gasteiger partial charge in [0.2, 0.25) is 9.84 Å². The number of nitrogen functional groups attached to an aromatic ring is 1. The molecule has 11 heteroatoms. The number of aliphatic hydroxyl groups excluding tert-OH is 1. The fourth-order valence-corrected chi connectivity index (χ4v) is 6.79. The summed E-state index contributed by atoms with van der Waals surface area (Å²) in [5.74, 6) is -2.30. The predicted octanol–water partition coefficient (Wildman–Crippen LogP) is 4.84. The van der Waals surface area contributed by atoms with Crippen LogP contribution in [0.5, 0.6) is 0 Å². The largest absolute Gasteiger partial charge is 0.507 e. The molecule has 1 fully saturated rings. The Bertz CT molecular complexity index is 1670. The van der Waals surface area contributed by atoms with E-state index in [1.807, 2.05) is 0 Å². The molecule has 2 heterocycles. The minimum atomic E-state index is -3.91. The van der Waals surface area contributed by atoms with E-state index in [1.54, 1.807) is 54.6 Å². The highest BCUT2D eigenvalue weighted by Gasteiger charge is 2.48. The smallest absolute Gasteiger partial charge is 0.301 e. The second-order valence-electron chi connectivity index (χ2n) is 8.12. The van der Waals surface area contributed by atoms with Gasteiger partial charge < -0.3 is 10.8 Å². The fourth-order valence-electron chi connectivity index (χ4n) is 4.02. The van der Waals surface area contributed by atoms with Crippen molar-refractivity contribution in [2.75, 3.05) is 10.6 Å². The maximum absolute atomic E-state index is 13.3. The Morgan fingerprint density at radius 3 is 2.38 bits per heavy atom. The van der Waals surface area contributed by atoms with E-state index in [-0.39, 0.29) is 25.4 Å². The quantitative estimate of drug-likeness (QED) is 0.157. The molecule has 5 rings (SSSR count). The van der Waals surface area contributed by atoms with Crippen molar-refractivity contribution in [3.63, 3.8) is 0 Å². The van der Waals surface area contributed by atoms with Gasteiger partial charge >= 0.3 is 5.91 Å². The van der Waals surface area contributed by atoms with Crippen molar-refractivity contribution in [3.8, 4) is 0 Å². The lowest BCUT2D eigenvalue weighted by molar-refractivity contribution is -0.132. The Labute approximate surface area is 221 Å². The predicted molar refractivity (Wildman–Crippen MR) is 141 cm³/mol. The Kier molecular flexibility index (Phi) is 6.32. The van der Waals surface area contributed by atoms with Gasteiger partial charge in [-0.3, -0.25) is 14.5 Å². The number of carbonyl (C=O) groups is 2. The molecule has 186 valence electrons. The lowest BCUT2D eigenvalue weighted by Crippen LogP contribution is -2.29. The zero-order chi connectivity index (χ0) is 26.3. The van der Waals surface area contributed by atoms with E-state index in [0.29, 0.717) is 16.3 Å². The molecule has 1 aromatic heterocycles. The van der Waals surface area contributed by atoms with Crippen LogP contribution in [0.15, 0.2) is 99.7 Å². The van der Waals surface area contributed by atoms with Crippen molar-refractivity contribution < 1.29 is 23.1 Å². The van der Waals surface area contributed by atoms with E-state index in [1.165, 1.54) is 24.3 Å². The number of aliphatic hydroxyl groups is 1. The van der Waals surface area contributed by atoms with Gasteiger partial charge in [0.25, 0.3) is 5.78 Å². The normalized spacial score (nSPS) is 17.3. The van der Waals surface area contributed by atoms with Crippen LogP contribution in [-0.4, -0.2) is 30.2 Å². The summed E-state index contributed by atoms with van der Waals surface area (Å²) < 4.78 is 26.1. The molecule has 3 N–H and O–H groups in total. The van der Waals surface area contributed by atoms with Gasteiger partial charge in [-0.2, -0.15) is 0 Å². The summed E-state index contributed by atoms with van der Waals surface area (Å²) in [6, 6.07) is 19.4. The molecule has 0 spiro atoms. The number of hydrogen-bond donors (Lipinski definition) is 2. The molecule has 0 saturated carbocycles. The van der Waals surface area contributed by atoms with Crippen molar-refractivity contribution in [1.29, 1.82) is 0 Å². The summed E-state index contributed by atoms with van der Waals surface area (Å²) in [5, 5.41) is 11.5. The number of ketones is 1. The number of Topliss-reactive ketones (excluding diaryl/α,β-unsaturated/α-hetero) is 1. The van der Waals surface area contributed by atoms with Crippen molar-refractivity contribution in [2.45, 2.75) is 15.1 Å². The molecule has 3 aromatic carbocycles. The van der Waals surface area contributed by atoms with Crippen molar-refractivity contribution in [2.24, 2.45) is 0 Å². The summed E-state index contributed by atoms with van der Waals surface area (Å²) in [5.41, 5.74) is 6.74. The van der Waals surface area contributed by atoms with E-state index in [2.05, 4.69) is 4.98 Å². The molecule has 37 heavy (non-hydrogen) atoms. The van der Waals surface area contributed by atoms with Crippen LogP contribution in [0.3, 0.4) is 0 Å². The van der Waals surface area contributed by atoms with Gasteiger partial charge in [0.05, 0.1) is 22.7 Å². The van der Waals surface area contributed by atoms with Gasteiger partial charge in [-0.1, -0.05) is 53.3 Å². The summed E-state index contributed by atoms with van der Waals surface area (Å²) in [7, 11) is -3.91. The molecule has 4 aromatic rings. The fraction of sp³-hybridized carbons (Fsp3) is 0.0385. The number of rotatable bonds is 5. The number of aromatic nitrogens is 1. The molecule has 1 amide bonds. The average molecular weight is 552 g/mol. The number of thiazole rings is 1. The number of sulfone groups is 1. The van der Waals surface area contributed by atoms with Crippen LogP contribution in [0.2, 0.25) is 5.02 Å². The van der Waals surface area contributed by atoms with Crippen LogP contribution in [0.25, 0.3) is 5.76 Å². The lowest BCUT2D eigenvalue weighted by Gasteiger charge is -2.23. The molecule has 8 nitrogen and oxygen atoms in total. The van der Waals surface area contributed by atoms with Gasteiger partial charge in [0, 0.05) is 16.3 Å². The van der Waals surface area contributed by atoms with Crippen LogP contribution >= 0.6 is 22.9 Å². The number of nitrogens with zero attached hydrogens (tertiary/aromatic N) is 2. The molecule has 0 aliphatic carbocycles. The third kappa shape index (κ3) is 4.39. The molecule has 0 radical (unpaired) electrons. The van der Waals surface area contributed by atoms with Gasteiger partial charge in [-0.25, -0.2) is 13.4 Å². The van der Waals surface area contributed by atoms with Crippen LogP contribution in [-0.2, 0) is 19.4 Å². The summed E-state index contributed by atoms with van der Waals surface area (Å²) in [6.07, 6.45) is 1.15. The molecule has 1 saturated heterocycles. The standard InChI is InChI=1S/C26H18ClN3O5S2/c27-17-6-4-5-16(13-17)22-21(23(31)15-9-11-18(28)12-10-15)24(32)25(33)30(22)26-29-14-20(36-26)37(34,35)19-7-2-1-3-8-19/h1-14,22,31H,28H2/b23-21-. The Morgan fingerprint density at radius 2 is 1.70 bits per heavy atom. The first-order chi connectivity index (χ1) is 17.7. The Hall–Kier alpha value is -3.99. The topological polar surface area (TPSA) is 131 Å². The van der Waals surface area contributed by atoms with Crippen LogP contribution in [0.4, 0.5) is 10.8 Å². The highest BCUT2D eigenvalue weighted by atomic mass is 35.5. The molecule has 1 unspecified atom stereocenters. The molecular formula is C26H18ClN3O5S2. The van der Waals surface area contributed by atoms with Gasteiger partial charge in [0.1, 0.15) is 9.97 Å². The minimum Gasteiger partial charge on any atom is -0.507 e. The van der Waals surface area contributed by atoms with Crippen LogP contribution in [0, 0.1) is 0 Å². The number of carbonyl (C=O) groups excluding carboxylic acids is 2. The zero-order valence-electron chi connectivity index (χ0n) is 18.9. The maximum Gasteiger partial charge on any atom is 0.301 e. The van der Waals surface area contributed by atoms with E-state index >= 15 is 0 Å². The first-order valence-corrected chi connectivity index (χ1v) is 13.5. The number of hydrogen-bond acceptors (Lipinski definition) is 8. The number of nitrogens with two attached hydrogens (primary N) is 1. The molecular weight excluding hydrogens is 534 g/mol. The molecule has 0 bridgehead atoms. The third-order valence-electron chi connectivity index (χ3n) is 5.79. The van der Waals surface area contributed by atoms with Crippen molar-refractivity contribution >= 4 is 61.0 Å². The van der Waals surface area contributed by atoms with Gasteiger partial charge in [-0.15, -0.1) is 0 Å². The van der Waals surface area contributed by atoms with E-state index in [4.69, 9.17) is 17.3 Å². The minimum absolute atomic E-state index is 0.0158. The number of amides is 1. The molecule has 1 aliphatic heterocycles. The maximum atomic E-state index is 13.3.